The molecule has 1 nitrogen and oxygen atoms in total. The van der Waals surface area contributed by atoms with Gasteiger partial charge in [-0.2, -0.15) is 0 Å². The van der Waals surface area contributed by atoms with E-state index in [1.807, 2.05) is 18.2 Å². The van der Waals surface area contributed by atoms with Crippen molar-refractivity contribution in [2.75, 3.05) is 5.73 Å². The third-order valence-electron chi connectivity index (χ3n) is 2.72. The zero-order valence-corrected chi connectivity index (χ0v) is 9.50. The highest BCUT2D eigenvalue weighted by Crippen LogP contribution is 2.36. The quantitative estimate of drug-likeness (QED) is 0.618. The standard InChI is InChI=1S/C14H11NS/c15-13-8-4-7-11-12(9-16-14(11)13)10-5-2-1-3-6-10/h1-9H,15H2. The third kappa shape index (κ3) is 1.39. The minimum absolute atomic E-state index is 0.865. The number of hydrogen-bond acceptors (Lipinski definition) is 2. The van der Waals surface area contributed by atoms with Crippen molar-refractivity contribution in [1.82, 2.24) is 0 Å². The fourth-order valence-corrected chi connectivity index (χ4v) is 2.93. The molecule has 0 saturated carbocycles. The molecule has 0 saturated heterocycles. The molecule has 1 heterocycles. The molecule has 3 rings (SSSR count). The van der Waals surface area contributed by atoms with Gasteiger partial charge in [0.15, 0.2) is 0 Å². The fourth-order valence-electron chi connectivity index (χ4n) is 1.92. The predicted octanol–water partition coefficient (Wildman–Crippen LogP) is 4.15. The molecule has 0 aliphatic carbocycles. The van der Waals surface area contributed by atoms with Crippen molar-refractivity contribution < 1.29 is 0 Å². The van der Waals surface area contributed by atoms with Crippen LogP contribution in [0.1, 0.15) is 0 Å². The Labute approximate surface area is 98.2 Å². The summed E-state index contributed by atoms with van der Waals surface area (Å²) in [5.74, 6) is 0. The van der Waals surface area contributed by atoms with E-state index in [0.717, 1.165) is 5.69 Å². The Kier molecular flexibility index (Phi) is 2.15. The van der Waals surface area contributed by atoms with Crippen LogP contribution in [0.4, 0.5) is 5.69 Å². The molecule has 0 aliphatic rings. The number of thiophene rings is 1. The van der Waals surface area contributed by atoms with Gasteiger partial charge < -0.3 is 5.73 Å². The van der Waals surface area contributed by atoms with Gasteiger partial charge in [-0.1, -0.05) is 42.5 Å². The van der Waals surface area contributed by atoms with Crippen molar-refractivity contribution in [3.05, 3.63) is 53.9 Å². The second kappa shape index (κ2) is 3.65. The van der Waals surface area contributed by atoms with E-state index in [1.54, 1.807) is 11.3 Å². The van der Waals surface area contributed by atoms with Gasteiger partial charge in [0.1, 0.15) is 0 Å². The molecule has 16 heavy (non-hydrogen) atoms. The van der Waals surface area contributed by atoms with Gasteiger partial charge in [0.25, 0.3) is 0 Å². The number of fused-ring (bicyclic) bond motifs is 1. The zero-order valence-electron chi connectivity index (χ0n) is 8.68. The molecule has 2 aromatic carbocycles. The molecule has 0 aliphatic heterocycles. The first-order valence-corrected chi connectivity index (χ1v) is 6.05. The Bertz CT molecular complexity index is 626. The van der Waals surface area contributed by atoms with E-state index in [0.29, 0.717) is 0 Å². The second-order valence-electron chi connectivity index (χ2n) is 3.74. The van der Waals surface area contributed by atoms with Gasteiger partial charge in [-0.15, -0.1) is 11.3 Å². The van der Waals surface area contributed by atoms with E-state index in [-0.39, 0.29) is 0 Å². The summed E-state index contributed by atoms with van der Waals surface area (Å²) in [6.07, 6.45) is 0. The van der Waals surface area contributed by atoms with Crippen molar-refractivity contribution in [3.8, 4) is 11.1 Å². The smallest absolute Gasteiger partial charge is 0.0578 e. The Balaban J connectivity index is 2.30. The fraction of sp³-hybridized carbons (Fsp3) is 0. The number of hydrogen-bond donors (Lipinski definition) is 1. The largest absolute Gasteiger partial charge is 0.398 e. The zero-order chi connectivity index (χ0) is 11.0. The van der Waals surface area contributed by atoms with Crippen molar-refractivity contribution in [1.29, 1.82) is 0 Å². The number of benzene rings is 2. The number of nitrogen functional groups attached to an aromatic ring is 1. The van der Waals surface area contributed by atoms with Crippen molar-refractivity contribution >= 4 is 27.1 Å². The van der Waals surface area contributed by atoms with Crippen LogP contribution < -0.4 is 5.73 Å². The third-order valence-corrected chi connectivity index (χ3v) is 3.76. The van der Waals surface area contributed by atoms with Crippen LogP contribution in [0.25, 0.3) is 21.2 Å². The Hall–Kier alpha value is -1.80. The van der Waals surface area contributed by atoms with E-state index in [9.17, 15) is 0 Å². The highest BCUT2D eigenvalue weighted by Gasteiger charge is 2.07. The average molecular weight is 225 g/mol. The molecule has 3 aromatic rings. The summed E-state index contributed by atoms with van der Waals surface area (Å²) in [5.41, 5.74) is 9.34. The summed E-state index contributed by atoms with van der Waals surface area (Å²) >= 11 is 1.71. The molecule has 0 spiro atoms. The minimum atomic E-state index is 0.865. The first kappa shape index (κ1) is 9.43. The summed E-state index contributed by atoms with van der Waals surface area (Å²) in [5, 5.41) is 3.42. The Morgan fingerprint density at radius 3 is 2.50 bits per heavy atom. The van der Waals surface area contributed by atoms with Crippen LogP contribution in [0.3, 0.4) is 0 Å². The normalized spacial score (nSPS) is 10.8. The lowest BCUT2D eigenvalue weighted by molar-refractivity contribution is 1.69. The van der Waals surface area contributed by atoms with Crippen LogP contribution in [0, 0.1) is 0 Å². The predicted molar refractivity (Wildman–Crippen MR) is 71.7 cm³/mol. The van der Waals surface area contributed by atoms with Gasteiger partial charge in [-0.05, 0) is 17.0 Å². The summed E-state index contributed by atoms with van der Waals surface area (Å²) in [7, 11) is 0. The van der Waals surface area contributed by atoms with Gasteiger partial charge in [-0.3, -0.25) is 0 Å². The molecule has 0 atom stereocenters. The molecule has 2 heteroatoms. The van der Waals surface area contributed by atoms with Crippen LogP contribution in [-0.4, -0.2) is 0 Å². The lowest BCUT2D eigenvalue weighted by atomic mass is 10.0. The summed E-state index contributed by atoms with van der Waals surface area (Å²) < 4.78 is 1.18. The van der Waals surface area contributed by atoms with E-state index in [1.165, 1.54) is 21.2 Å². The molecule has 1 aromatic heterocycles. The van der Waals surface area contributed by atoms with Crippen molar-refractivity contribution in [3.63, 3.8) is 0 Å². The first-order valence-electron chi connectivity index (χ1n) is 5.17. The molecule has 0 radical (unpaired) electrons. The van der Waals surface area contributed by atoms with E-state index < -0.39 is 0 Å². The average Bonchev–Trinajstić information content (AvgIpc) is 2.75. The van der Waals surface area contributed by atoms with E-state index in [2.05, 4.69) is 35.7 Å². The molecule has 0 unspecified atom stereocenters. The minimum Gasteiger partial charge on any atom is -0.398 e. The molecule has 0 fully saturated rings. The molecular formula is C14H11NS. The Morgan fingerprint density at radius 2 is 1.69 bits per heavy atom. The van der Waals surface area contributed by atoms with Gasteiger partial charge in [0.2, 0.25) is 0 Å². The molecule has 78 valence electrons. The van der Waals surface area contributed by atoms with Gasteiger partial charge in [0.05, 0.1) is 4.70 Å². The summed E-state index contributed by atoms with van der Waals surface area (Å²) in [6, 6.07) is 16.5. The monoisotopic (exact) mass is 225 g/mol. The van der Waals surface area contributed by atoms with Crippen molar-refractivity contribution in [2.45, 2.75) is 0 Å². The van der Waals surface area contributed by atoms with Crippen molar-refractivity contribution in [2.24, 2.45) is 0 Å². The maximum absolute atomic E-state index is 5.96. The van der Waals surface area contributed by atoms with E-state index in [4.69, 9.17) is 5.73 Å². The van der Waals surface area contributed by atoms with E-state index >= 15 is 0 Å². The second-order valence-corrected chi connectivity index (χ2v) is 4.62. The van der Waals surface area contributed by atoms with Crippen LogP contribution in [0.5, 0.6) is 0 Å². The highest BCUT2D eigenvalue weighted by atomic mass is 32.1. The topological polar surface area (TPSA) is 26.0 Å². The van der Waals surface area contributed by atoms with Crippen LogP contribution in [0.2, 0.25) is 0 Å². The Morgan fingerprint density at radius 1 is 0.875 bits per heavy atom. The molecule has 0 bridgehead atoms. The van der Waals surface area contributed by atoms with Gasteiger partial charge in [-0.25, -0.2) is 0 Å². The number of rotatable bonds is 1. The van der Waals surface area contributed by atoms with Gasteiger partial charge >= 0.3 is 0 Å². The lowest BCUT2D eigenvalue weighted by Gasteiger charge is -2.00. The maximum Gasteiger partial charge on any atom is 0.0578 e. The number of anilines is 1. The lowest BCUT2D eigenvalue weighted by Crippen LogP contribution is -1.83. The summed E-state index contributed by atoms with van der Waals surface area (Å²) in [4.78, 5) is 0. The molecule has 2 N–H and O–H groups in total. The van der Waals surface area contributed by atoms with Crippen LogP contribution in [-0.2, 0) is 0 Å². The first-order chi connectivity index (χ1) is 7.86. The molecule has 0 amide bonds. The maximum atomic E-state index is 5.96. The van der Waals surface area contributed by atoms with Gasteiger partial charge in [0, 0.05) is 16.6 Å². The van der Waals surface area contributed by atoms with Crippen LogP contribution >= 0.6 is 11.3 Å². The van der Waals surface area contributed by atoms with Crippen LogP contribution in [0.15, 0.2) is 53.9 Å². The number of nitrogens with two attached hydrogens (primary N) is 1. The summed E-state index contributed by atoms with van der Waals surface area (Å²) in [6.45, 7) is 0. The highest BCUT2D eigenvalue weighted by molar-refractivity contribution is 7.18. The SMILES string of the molecule is Nc1cccc2c(-c3ccccc3)csc12. The molecular weight excluding hydrogens is 214 g/mol.